The summed E-state index contributed by atoms with van der Waals surface area (Å²) in [5.74, 6) is 0.324. The number of rotatable bonds is 5. The molecule has 7 nitrogen and oxygen atoms in total. The van der Waals surface area contributed by atoms with Gasteiger partial charge in [0.1, 0.15) is 11.9 Å². The van der Waals surface area contributed by atoms with Gasteiger partial charge in [-0.3, -0.25) is 4.98 Å². The van der Waals surface area contributed by atoms with E-state index in [2.05, 4.69) is 20.3 Å². The topological polar surface area (TPSA) is 101 Å². The van der Waals surface area contributed by atoms with Crippen LogP contribution in [-0.2, 0) is 9.53 Å². The Labute approximate surface area is 133 Å². The van der Waals surface area contributed by atoms with Crippen molar-refractivity contribution in [2.24, 2.45) is 0 Å². The number of nitrogens with zero attached hydrogens (tertiary/aromatic N) is 4. The number of hydrogen-bond acceptors (Lipinski definition) is 7. The van der Waals surface area contributed by atoms with Crippen molar-refractivity contribution in [3.8, 4) is 17.5 Å². The Kier molecular flexibility index (Phi) is 5.36. The zero-order valence-electron chi connectivity index (χ0n) is 12.8. The molecule has 0 fully saturated rings. The van der Waals surface area contributed by atoms with Gasteiger partial charge in [-0.2, -0.15) is 5.26 Å². The molecule has 0 saturated carbocycles. The van der Waals surface area contributed by atoms with Crippen molar-refractivity contribution in [2.45, 2.75) is 13.8 Å². The molecule has 1 N–H and O–H groups in total. The predicted octanol–water partition coefficient (Wildman–Crippen LogP) is 2.31. The first kappa shape index (κ1) is 16.1. The largest absolute Gasteiger partial charge is 0.462 e. The van der Waals surface area contributed by atoms with Crippen LogP contribution in [0.2, 0.25) is 0 Å². The molecule has 2 rings (SSSR count). The van der Waals surface area contributed by atoms with E-state index in [1.807, 2.05) is 6.07 Å². The molecule has 0 bridgehead atoms. The smallest absolute Gasteiger partial charge is 0.350 e. The van der Waals surface area contributed by atoms with E-state index in [1.54, 1.807) is 50.6 Å². The number of pyridine rings is 1. The van der Waals surface area contributed by atoms with Crippen molar-refractivity contribution in [3.05, 3.63) is 48.1 Å². The quantitative estimate of drug-likeness (QED) is 0.513. The number of carbonyl (C=O) groups excluding carboxylic acids is 1. The molecule has 7 heteroatoms. The highest BCUT2D eigenvalue weighted by atomic mass is 16.5. The van der Waals surface area contributed by atoms with Crippen LogP contribution in [-0.4, -0.2) is 27.5 Å². The molecule has 0 unspecified atom stereocenters. The fourth-order valence-corrected chi connectivity index (χ4v) is 1.81. The highest BCUT2D eigenvalue weighted by molar-refractivity contribution is 5.94. The van der Waals surface area contributed by atoms with Crippen LogP contribution >= 0.6 is 0 Å². The Morgan fingerprint density at radius 1 is 1.30 bits per heavy atom. The molecule has 2 heterocycles. The Hall–Kier alpha value is -3.27. The lowest BCUT2D eigenvalue weighted by atomic mass is 10.2. The Bertz CT molecular complexity index is 766. The third-order valence-corrected chi connectivity index (χ3v) is 2.88. The molecule has 2 aromatic heterocycles. The van der Waals surface area contributed by atoms with E-state index in [0.29, 0.717) is 17.3 Å². The lowest BCUT2D eigenvalue weighted by molar-refractivity contribution is -0.138. The fourth-order valence-electron chi connectivity index (χ4n) is 1.81. The number of nitriles is 1. The highest BCUT2D eigenvalue weighted by Crippen LogP contribution is 2.16. The second kappa shape index (κ2) is 7.66. The second-order valence-corrected chi connectivity index (χ2v) is 4.46. The molecule has 2 aromatic rings. The molecule has 0 spiro atoms. The van der Waals surface area contributed by atoms with Gasteiger partial charge in [0.05, 0.1) is 6.61 Å². The van der Waals surface area contributed by atoms with Gasteiger partial charge in [0.15, 0.2) is 11.4 Å². The minimum atomic E-state index is -0.664. The maximum Gasteiger partial charge on any atom is 0.350 e. The molecule has 0 aliphatic carbocycles. The third-order valence-electron chi connectivity index (χ3n) is 2.88. The van der Waals surface area contributed by atoms with Crippen LogP contribution in [0.25, 0.3) is 11.4 Å². The average molecular weight is 309 g/mol. The number of esters is 1. The van der Waals surface area contributed by atoms with Crippen molar-refractivity contribution in [1.82, 2.24) is 15.0 Å². The normalized spacial score (nSPS) is 11.2. The number of anilines is 1. The molecule has 0 amide bonds. The van der Waals surface area contributed by atoms with Crippen molar-refractivity contribution in [1.29, 1.82) is 5.26 Å². The summed E-state index contributed by atoms with van der Waals surface area (Å²) in [6.07, 6.45) is 4.89. The summed E-state index contributed by atoms with van der Waals surface area (Å²) in [5, 5.41) is 12.0. The standard InChI is InChI=1S/C16H15N5O2/c1-3-23-16(22)13(10-17)11(2)20-14-6-9-19-15(21-14)12-4-7-18-8-5-12/h4-9H,3H2,1-2H3,(H,19,20,21)/b13-11-. The van der Waals surface area contributed by atoms with Gasteiger partial charge < -0.3 is 10.1 Å². The maximum absolute atomic E-state index is 11.7. The van der Waals surface area contributed by atoms with Gasteiger partial charge in [0, 0.05) is 29.9 Å². The van der Waals surface area contributed by atoms with Crippen LogP contribution in [0.1, 0.15) is 13.8 Å². The number of aromatic nitrogens is 3. The number of ether oxygens (including phenoxy) is 1. The van der Waals surface area contributed by atoms with Gasteiger partial charge in [0.25, 0.3) is 0 Å². The summed E-state index contributed by atoms with van der Waals surface area (Å²) in [7, 11) is 0. The molecule has 0 aromatic carbocycles. The van der Waals surface area contributed by atoms with Crippen molar-refractivity contribution in [2.75, 3.05) is 11.9 Å². The molecule has 0 aliphatic heterocycles. The van der Waals surface area contributed by atoms with Crippen LogP contribution in [0.15, 0.2) is 48.1 Å². The lowest BCUT2D eigenvalue weighted by Gasteiger charge is -2.09. The molecule has 116 valence electrons. The first-order chi connectivity index (χ1) is 11.2. The van der Waals surface area contributed by atoms with E-state index in [9.17, 15) is 4.79 Å². The van der Waals surface area contributed by atoms with Gasteiger partial charge in [-0.05, 0) is 32.0 Å². The molecule has 0 aliphatic rings. The number of allylic oxidation sites excluding steroid dienone is 1. The van der Waals surface area contributed by atoms with Crippen LogP contribution in [0.4, 0.5) is 5.82 Å². The SMILES string of the molecule is CCOC(=O)/C(C#N)=C(/C)Nc1ccnc(-c2ccncc2)n1. The molecule has 0 atom stereocenters. The Morgan fingerprint density at radius 2 is 2.04 bits per heavy atom. The monoisotopic (exact) mass is 309 g/mol. The summed E-state index contributed by atoms with van der Waals surface area (Å²) < 4.78 is 4.85. The highest BCUT2D eigenvalue weighted by Gasteiger charge is 2.14. The molecular weight excluding hydrogens is 294 g/mol. The molecule has 0 saturated heterocycles. The van der Waals surface area contributed by atoms with E-state index in [-0.39, 0.29) is 12.2 Å². The van der Waals surface area contributed by atoms with Gasteiger partial charge in [-0.1, -0.05) is 0 Å². The Morgan fingerprint density at radius 3 is 2.70 bits per heavy atom. The zero-order valence-corrected chi connectivity index (χ0v) is 12.8. The summed E-state index contributed by atoms with van der Waals surface area (Å²) in [5.41, 5.74) is 1.09. The van der Waals surface area contributed by atoms with Gasteiger partial charge >= 0.3 is 5.97 Å². The van der Waals surface area contributed by atoms with E-state index in [4.69, 9.17) is 10.00 Å². The molecule has 23 heavy (non-hydrogen) atoms. The summed E-state index contributed by atoms with van der Waals surface area (Å²) >= 11 is 0. The van der Waals surface area contributed by atoms with Crippen molar-refractivity contribution < 1.29 is 9.53 Å². The minimum absolute atomic E-state index is 0.0871. The fraction of sp³-hybridized carbons (Fsp3) is 0.188. The van der Waals surface area contributed by atoms with Crippen molar-refractivity contribution >= 4 is 11.8 Å². The predicted molar refractivity (Wildman–Crippen MR) is 83.8 cm³/mol. The average Bonchev–Trinajstić information content (AvgIpc) is 2.57. The first-order valence-corrected chi connectivity index (χ1v) is 6.94. The third kappa shape index (κ3) is 4.11. The van der Waals surface area contributed by atoms with E-state index in [1.165, 1.54) is 0 Å². The van der Waals surface area contributed by atoms with Gasteiger partial charge in [-0.25, -0.2) is 14.8 Å². The second-order valence-electron chi connectivity index (χ2n) is 4.46. The van der Waals surface area contributed by atoms with Crippen molar-refractivity contribution in [3.63, 3.8) is 0 Å². The van der Waals surface area contributed by atoms with Crippen LogP contribution in [0, 0.1) is 11.3 Å². The van der Waals surface area contributed by atoms with Crippen LogP contribution in [0.5, 0.6) is 0 Å². The van der Waals surface area contributed by atoms with E-state index in [0.717, 1.165) is 5.56 Å². The summed E-state index contributed by atoms with van der Waals surface area (Å²) in [4.78, 5) is 24.2. The first-order valence-electron chi connectivity index (χ1n) is 6.94. The van der Waals surface area contributed by atoms with Gasteiger partial charge in [0.2, 0.25) is 0 Å². The summed E-state index contributed by atoms with van der Waals surface area (Å²) in [6, 6.07) is 7.08. The molecular formula is C16H15N5O2. The van der Waals surface area contributed by atoms with Crippen LogP contribution < -0.4 is 5.32 Å². The number of hydrogen-bond donors (Lipinski definition) is 1. The zero-order chi connectivity index (χ0) is 16.7. The van der Waals surface area contributed by atoms with Gasteiger partial charge in [-0.15, -0.1) is 0 Å². The maximum atomic E-state index is 11.7. The Balaban J connectivity index is 2.27. The van der Waals surface area contributed by atoms with E-state index < -0.39 is 5.97 Å². The number of carbonyl (C=O) groups is 1. The molecule has 0 radical (unpaired) electrons. The lowest BCUT2D eigenvalue weighted by Crippen LogP contribution is -2.12. The number of nitrogens with one attached hydrogen (secondary N) is 1. The minimum Gasteiger partial charge on any atom is -0.462 e. The summed E-state index contributed by atoms with van der Waals surface area (Å²) in [6.45, 7) is 3.50. The van der Waals surface area contributed by atoms with Crippen LogP contribution in [0.3, 0.4) is 0 Å². The van der Waals surface area contributed by atoms with E-state index >= 15 is 0 Å².